The maximum absolute atomic E-state index is 13.3. The van der Waals surface area contributed by atoms with Crippen molar-refractivity contribution in [2.45, 2.75) is 33.2 Å². The maximum atomic E-state index is 13.3. The lowest BCUT2D eigenvalue weighted by Crippen LogP contribution is -2.34. The van der Waals surface area contributed by atoms with Crippen LogP contribution >= 0.6 is 11.3 Å². The van der Waals surface area contributed by atoms with Gasteiger partial charge < -0.3 is 14.8 Å². The Hall–Kier alpha value is -3.72. The summed E-state index contributed by atoms with van der Waals surface area (Å²) in [5.74, 6) is -0.202. The summed E-state index contributed by atoms with van der Waals surface area (Å²) in [6.07, 6.45) is 1.05. The molecule has 0 saturated carbocycles. The number of esters is 1. The van der Waals surface area contributed by atoms with Gasteiger partial charge in [-0.05, 0) is 49.6 Å². The van der Waals surface area contributed by atoms with E-state index in [0.29, 0.717) is 34.3 Å². The predicted octanol–water partition coefficient (Wildman–Crippen LogP) is 4.13. The number of hydrogen-bond acceptors (Lipinski definition) is 7. The number of anilines is 2. The van der Waals surface area contributed by atoms with Crippen molar-refractivity contribution in [3.63, 3.8) is 0 Å². The third kappa shape index (κ3) is 5.43. The number of carbonyl (C=O) groups excluding carboxylic acids is 3. The van der Waals surface area contributed by atoms with Crippen LogP contribution in [0.4, 0.5) is 10.8 Å². The summed E-state index contributed by atoms with van der Waals surface area (Å²) >= 11 is 1.13. The number of nitrogens with zero attached hydrogens (tertiary/aromatic N) is 2. The number of rotatable bonds is 8. The first kappa shape index (κ1) is 23.4. The summed E-state index contributed by atoms with van der Waals surface area (Å²) in [7, 11) is 0. The summed E-state index contributed by atoms with van der Waals surface area (Å²) in [6, 6.07) is 14.9. The zero-order chi connectivity index (χ0) is 24.1. The topological polar surface area (TPSA) is 97.8 Å². The summed E-state index contributed by atoms with van der Waals surface area (Å²) in [6.45, 7) is 3.81. The van der Waals surface area contributed by atoms with Crippen molar-refractivity contribution >= 4 is 39.9 Å². The quantitative estimate of drug-likeness (QED) is 0.488. The molecule has 0 unspecified atom stereocenters. The molecule has 1 aliphatic rings. The number of hydrogen-bond donors (Lipinski definition) is 1. The molecule has 0 spiro atoms. The second kappa shape index (κ2) is 10.5. The van der Waals surface area contributed by atoms with Gasteiger partial charge in [0.1, 0.15) is 10.6 Å². The zero-order valence-corrected chi connectivity index (χ0v) is 19.8. The smallest absolute Gasteiger partial charge is 0.350 e. The largest absolute Gasteiger partial charge is 0.484 e. The van der Waals surface area contributed by atoms with Crippen molar-refractivity contribution in [1.29, 1.82) is 0 Å². The minimum absolute atomic E-state index is 0.00571. The molecule has 0 radical (unpaired) electrons. The summed E-state index contributed by atoms with van der Waals surface area (Å²) in [5, 5.41) is 3.24. The van der Waals surface area contributed by atoms with Crippen LogP contribution < -0.4 is 15.0 Å². The van der Waals surface area contributed by atoms with Crippen LogP contribution in [0.25, 0.3) is 0 Å². The normalized spacial score (nSPS) is 12.5. The Morgan fingerprint density at radius 1 is 1.15 bits per heavy atom. The number of thiazole rings is 1. The number of benzene rings is 2. The molecule has 1 aliphatic heterocycles. The Labute approximate surface area is 201 Å². The van der Waals surface area contributed by atoms with Gasteiger partial charge in [-0.2, -0.15) is 0 Å². The second-order valence-electron chi connectivity index (χ2n) is 7.75. The van der Waals surface area contributed by atoms with E-state index >= 15 is 0 Å². The molecule has 9 heteroatoms. The van der Waals surface area contributed by atoms with Crippen LogP contribution in [0.1, 0.15) is 39.8 Å². The Kier molecular flexibility index (Phi) is 7.22. The number of carbonyl (C=O) groups is 3. The lowest BCUT2D eigenvalue weighted by atomic mass is 10.0. The Balaban J connectivity index is 1.53. The minimum atomic E-state index is -0.451. The van der Waals surface area contributed by atoms with E-state index in [-0.39, 0.29) is 31.6 Å². The van der Waals surface area contributed by atoms with Gasteiger partial charge in [0.25, 0.3) is 5.91 Å². The molecule has 34 heavy (non-hydrogen) atoms. The van der Waals surface area contributed by atoms with Gasteiger partial charge in [-0.3, -0.25) is 14.5 Å². The SMILES string of the molecule is CCOC(=O)c1sc(N(Cc2ccccc2)C(=O)COc2ccc3c(c2)CCC(=O)N3)nc1C. The number of aryl methyl sites for hydroxylation is 2. The fourth-order valence-corrected chi connectivity index (χ4v) is 4.56. The van der Waals surface area contributed by atoms with Crippen LogP contribution in [-0.2, 0) is 27.3 Å². The van der Waals surface area contributed by atoms with Gasteiger partial charge in [-0.1, -0.05) is 41.7 Å². The average Bonchev–Trinajstić information content (AvgIpc) is 3.23. The molecule has 1 N–H and O–H groups in total. The molecule has 2 amide bonds. The first-order chi connectivity index (χ1) is 16.4. The highest BCUT2D eigenvalue weighted by Gasteiger charge is 2.25. The second-order valence-corrected chi connectivity index (χ2v) is 8.73. The third-order valence-electron chi connectivity index (χ3n) is 5.30. The van der Waals surface area contributed by atoms with Crippen LogP contribution in [0.5, 0.6) is 5.75 Å². The molecular weight excluding hydrogens is 454 g/mol. The van der Waals surface area contributed by atoms with E-state index in [0.717, 1.165) is 28.2 Å². The third-order valence-corrected chi connectivity index (χ3v) is 6.46. The molecule has 0 atom stereocenters. The maximum Gasteiger partial charge on any atom is 0.350 e. The van der Waals surface area contributed by atoms with E-state index in [1.165, 1.54) is 4.90 Å². The molecule has 2 aromatic carbocycles. The summed E-state index contributed by atoms with van der Waals surface area (Å²) < 4.78 is 10.9. The van der Waals surface area contributed by atoms with Crippen molar-refractivity contribution < 1.29 is 23.9 Å². The summed E-state index contributed by atoms with van der Waals surface area (Å²) in [4.78, 5) is 43.5. The van der Waals surface area contributed by atoms with Gasteiger partial charge in [-0.25, -0.2) is 9.78 Å². The molecule has 176 valence electrons. The van der Waals surface area contributed by atoms with Crippen molar-refractivity contribution in [2.75, 3.05) is 23.4 Å². The Bertz CT molecular complexity index is 1210. The van der Waals surface area contributed by atoms with Crippen LogP contribution in [0.15, 0.2) is 48.5 Å². The number of aromatic nitrogens is 1. The van der Waals surface area contributed by atoms with Gasteiger partial charge in [-0.15, -0.1) is 0 Å². The van der Waals surface area contributed by atoms with Gasteiger partial charge in [0, 0.05) is 12.1 Å². The first-order valence-corrected chi connectivity index (χ1v) is 11.8. The van der Waals surface area contributed by atoms with E-state index in [1.807, 2.05) is 36.4 Å². The predicted molar refractivity (Wildman–Crippen MR) is 129 cm³/mol. The van der Waals surface area contributed by atoms with Crippen LogP contribution in [0, 0.1) is 6.92 Å². The fourth-order valence-electron chi connectivity index (χ4n) is 3.58. The monoisotopic (exact) mass is 479 g/mol. The standard InChI is InChI=1S/C25H25N3O5S/c1-3-32-24(31)23-16(2)26-25(34-23)28(14-17-7-5-4-6-8-17)22(30)15-33-19-10-11-20-18(13-19)9-12-21(29)27-20/h4-8,10-11,13H,3,9,12,14-15H2,1-2H3,(H,27,29). The first-order valence-electron chi connectivity index (χ1n) is 11.0. The number of ether oxygens (including phenoxy) is 2. The lowest BCUT2D eigenvalue weighted by Gasteiger charge is -2.21. The lowest BCUT2D eigenvalue weighted by molar-refractivity contribution is -0.120. The molecule has 0 fully saturated rings. The number of fused-ring (bicyclic) bond motifs is 1. The van der Waals surface area contributed by atoms with Gasteiger partial charge in [0.05, 0.1) is 18.8 Å². The molecule has 0 saturated heterocycles. The van der Waals surface area contributed by atoms with Crippen LogP contribution in [-0.4, -0.2) is 36.0 Å². The van der Waals surface area contributed by atoms with E-state index < -0.39 is 5.97 Å². The zero-order valence-electron chi connectivity index (χ0n) is 19.0. The highest BCUT2D eigenvalue weighted by Crippen LogP contribution is 2.29. The van der Waals surface area contributed by atoms with Crippen molar-refractivity contribution in [3.05, 3.63) is 70.2 Å². The highest BCUT2D eigenvalue weighted by molar-refractivity contribution is 7.17. The molecule has 0 bridgehead atoms. The van der Waals surface area contributed by atoms with E-state index in [4.69, 9.17) is 9.47 Å². The molecule has 8 nitrogen and oxygen atoms in total. The van der Waals surface area contributed by atoms with E-state index in [9.17, 15) is 14.4 Å². The van der Waals surface area contributed by atoms with Crippen molar-refractivity contribution in [1.82, 2.24) is 4.98 Å². The van der Waals surface area contributed by atoms with E-state index in [2.05, 4.69) is 10.3 Å². The summed E-state index contributed by atoms with van der Waals surface area (Å²) in [5.41, 5.74) is 3.18. The average molecular weight is 480 g/mol. The fraction of sp³-hybridized carbons (Fsp3) is 0.280. The molecular formula is C25H25N3O5S. The number of nitrogens with one attached hydrogen (secondary N) is 1. The van der Waals surface area contributed by atoms with Gasteiger partial charge >= 0.3 is 5.97 Å². The molecule has 4 rings (SSSR count). The van der Waals surface area contributed by atoms with Crippen LogP contribution in [0.2, 0.25) is 0 Å². The Morgan fingerprint density at radius 3 is 2.71 bits per heavy atom. The van der Waals surface area contributed by atoms with Gasteiger partial charge in [0.2, 0.25) is 5.91 Å². The molecule has 1 aromatic heterocycles. The Morgan fingerprint density at radius 2 is 1.94 bits per heavy atom. The molecule has 0 aliphatic carbocycles. The van der Waals surface area contributed by atoms with Crippen molar-refractivity contribution in [3.8, 4) is 5.75 Å². The van der Waals surface area contributed by atoms with E-state index in [1.54, 1.807) is 26.0 Å². The molecule has 3 aromatic rings. The highest BCUT2D eigenvalue weighted by atomic mass is 32.1. The minimum Gasteiger partial charge on any atom is -0.484 e. The van der Waals surface area contributed by atoms with Crippen LogP contribution in [0.3, 0.4) is 0 Å². The van der Waals surface area contributed by atoms with Gasteiger partial charge in [0.15, 0.2) is 11.7 Å². The molecule has 2 heterocycles. The number of amides is 2. The van der Waals surface area contributed by atoms with Crippen molar-refractivity contribution in [2.24, 2.45) is 0 Å².